The van der Waals surface area contributed by atoms with Crippen LogP contribution < -0.4 is 9.47 Å². The van der Waals surface area contributed by atoms with Gasteiger partial charge in [0.25, 0.3) is 11.7 Å². The molecule has 0 bridgehead atoms. The van der Waals surface area contributed by atoms with Gasteiger partial charge < -0.3 is 24.4 Å². The monoisotopic (exact) mass is 536 g/mol. The lowest BCUT2D eigenvalue weighted by atomic mass is 9.95. The van der Waals surface area contributed by atoms with Gasteiger partial charge in [0, 0.05) is 18.7 Å². The van der Waals surface area contributed by atoms with Crippen LogP contribution in [-0.2, 0) is 9.59 Å². The van der Waals surface area contributed by atoms with Crippen LogP contribution in [0.3, 0.4) is 0 Å². The Bertz CT molecular complexity index is 1100. The van der Waals surface area contributed by atoms with Crippen molar-refractivity contribution in [2.24, 2.45) is 5.92 Å². The summed E-state index contributed by atoms with van der Waals surface area (Å²) in [5.74, 6) is 0.373. The number of aliphatic hydroxyl groups excluding tert-OH is 1. The fourth-order valence-corrected chi connectivity index (χ4v) is 4.66. The molecular formula is C32H44N2O5. The maximum absolute atomic E-state index is 13.3. The molecule has 7 nitrogen and oxygen atoms in total. The highest BCUT2D eigenvalue weighted by molar-refractivity contribution is 6.46. The number of ketones is 1. The fourth-order valence-electron chi connectivity index (χ4n) is 4.66. The lowest BCUT2D eigenvalue weighted by molar-refractivity contribution is -0.140. The fraction of sp³-hybridized carbons (Fsp3) is 0.500. The lowest BCUT2D eigenvalue weighted by Crippen LogP contribution is -2.38. The van der Waals surface area contributed by atoms with Crippen LogP contribution in [0.2, 0.25) is 0 Å². The molecule has 2 aromatic carbocycles. The summed E-state index contributed by atoms with van der Waals surface area (Å²) in [5, 5.41) is 11.4. The molecule has 1 aliphatic rings. The number of ether oxygens (including phenoxy) is 2. The maximum Gasteiger partial charge on any atom is 0.295 e. The van der Waals surface area contributed by atoms with Crippen LogP contribution >= 0.6 is 0 Å². The minimum Gasteiger partial charge on any atom is -0.507 e. The normalized spacial score (nSPS) is 16.9. The first kappa shape index (κ1) is 30.2. The number of aliphatic hydroxyl groups is 1. The van der Waals surface area contributed by atoms with Crippen LogP contribution in [0.25, 0.3) is 5.76 Å². The Morgan fingerprint density at radius 3 is 2.13 bits per heavy atom. The van der Waals surface area contributed by atoms with Crippen molar-refractivity contribution in [2.45, 2.75) is 59.9 Å². The van der Waals surface area contributed by atoms with Crippen molar-refractivity contribution in [3.63, 3.8) is 0 Å². The summed E-state index contributed by atoms with van der Waals surface area (Å²) >= 11 is 0. The molecule has 3 rings (SSSR count). The molecule has 0 aliphatic carbocycles. The number of unbranched alkanes of at least 4 members (excludes halogenated alkanes) is 2. The van der Waals surface area contributed by atoms with E-state index in [0.29, 0.717) is 43.5 Å². The van der Waals surface area contributed by atoms with E-state index in [9.17, 15) is 14.7 Å². The summed E-state index contributed by atoms with van der Waals surface area (Å²) in [7, 11) is 0. The van der Waals surface area contributed by atoms with Gasteiger partial charge in [0.15, 0.2) is 0 Å². The zero-order valence-corrected chi connectivity index (χ0v) is 24.1. The van der Waals surface area contributed by atoms with Crippen molar-refractivity contribution in [3.8, 4) is 11.5 Å². The zero-order valence-electron chi connectivity index (χ0n) is 24.1. The van der Waals surface area contributed by atoms with Gasteiger partial charge in [-0.2, -0.15) is 0 Å². The molecule has 1 aliphatic heterocycles. The topological polar surface area (TPSA) is 79.3 Å². The van der Waals surface area contributed by atoms with E-state index in [1.54, 1.807) is 29.2 Å². The first-order valence-corrected chi connectivity index (χ1v) is 14.3. The summed E-state index contributed by atoms with van der Waals surface area (Å²) in [4.78, 5) is 30.4. The second kappa shape index (κ2) is 14.7. The highest BCUT2D eigenvalue weighted by atomic mass is 16.5. The van der Waals surface area contributed by atoms with E-state index < -0.39 is 17.7 Å². The molecule has 0 spiro atoms. The Morgan fingerprint density at radius 1 is 0.923 bits per heavy atom. The number of nitrogens with zero attached hydrogens (tertiary/aromatic N) is 2. The second-order valence-electron chi connectivity index (χ2n) is 10.4. The van der Waals surface area contributed by atoms with Gasteiger partial charge in [-0.25, -0.2) is 0 Å². The molecule has 1 heterocycles. The predicted molar refractivity (Wildman–Crippen MR) is 155 cm³/mol. The molecule has 1 amide bonds. The molecule has 7 heteroatoms. The molecule has 0 aromatic heterocycles. The van der Waals surface area contributed by atoms with Gasteiger partial charge >= 0.3 is 0 Å². The highest BCUT2D eigenvalue weighted by Crippen LogP contribution is 2.40. The number of rotatable bonds is 15. The summed E-state index contributed by atoms with van der Waals surface area (Å²) in [6, 6.07) is 13.8. The first-order chi connectivity index (χ1) is 18.8. The summed E-state index contributed by atoms with van der Waals surface area (Å²) in [5.41, 5.74) is 1.33. The van der Waals surface area contributed by atoms with Gasteiger partial charge in [0.2, 0.25) is 0 Å². The summed E-state index contributed by atoms with van der Waals surface area (Å²) in [6.07, 6.45) is 3.23. The van der Waals surface area contributed by atoms with Crippen molar-refractivity contribution in [1.82, 2.24) is 9.80 Å². The smallest absolute Gasteiger partial charge is 0.295 e. The van der Waals surface area contributed by atoms with E-state index in [4.69, 9.17) is 9.47 Å². The Hall–Kier alpha value is -3.32. The molecule has 1 saturated heterocycles. The standard InChI is InChI=1S/C32H44N2O5/c1-6-9-10-21-38-26-15-11-24(12-16-26)29-28(31(36)32(37)34(29)20-19-33(7-2)8-3)30(35)25-13-17-27(18-14-25)39-22-23(4)5/h11-18,23,29,35H,6-10,19-22H2,1-5H3/b30-28+. The summed E-state index contributed by atoms with van der Waals surface area (Å²) < 4.78 is 11.6. The van der Waals surface area contributed by atoms with Gasteiger partial charge in [-0.15, -0.1) is 0 Å². The third-order valence-electron chi connectivity index (χ3n) is 7.02. The maximum atomic E-state index is 13.3. The van der Waals surface area contributed by atoms with Crippen molar-refractivity contribution in [1.29, 1.82) is 0 Å². The number of likely N-dealkylation sites (N-methyl/N-ethyl adjacent to an activating group) is 1. The van der Waals surface area contributed by atoms with Crippen LogP contribution in [0.4, 0.5) is 0 Å². The average Bonchev–Trinajstić information content (AvgIpc) is 3.20. The number of hydrogen-bond donors (Lipinski definition) is 1. The molecular weight excluding hydrogens is 492 g/mol. The predicted octanol–water partition coefficient (Wildman–Crippen LogP) is 6.05. The molecule has 1 atom stereocenters. The molecule has 1 unspecified atom stereocenters. The average molecular weight is 537 g/mol. The van der Waals surface area contributed by atoms with Gasteiger partial charge in [-0.05, 0) is 67.4 Å². The van der Waals surface area contributed by atoms with E-state index in [0.717, 1.165) is 43.7 Å². The zero-order chi connectivity index (χ0) is 28.4. The molecule has 0 saturated carbocycles. The van der Waals surface area contributed by atoms with E-state index >= 15 is 0 Å². The number of hydrogen-bond acceptors (Lipinski definition) is 6. The SMILES string of the molecule is CCCCCOc1ccc(C2/C(=C(\O)c3ccc(OCC(C)C)cc3)C(=O)C(=O)N2CCN(CC)CC)cc1. The quantitative estimate of drug-likeness (QED) is 0.129. The number of carbonyl (C=O) groups excluding carboxylic acids is 2. The van der Waals surface area contributed by atoms with E-state index in [1.807, 2.05) is 24.3 Å². The lowest BCUT2D eigenvalue weighted by Gasteiger charge is -2.28. The first-order valence-electron chi connectivity index (χ1n) is 14.3. The number of benzene rings is 2. The third-order valence-corrected chi connectivity index (χ3v) is 7.02. The van der Waals surface area contributed by atoms with Crippen LogP contribution in [0.1, 0.15) is 71.0 Å². The minimum atomic E-state index is -0.688. The van der Waals surface area contributed by atoms with Crippen molar-refractivity contribution in [3.05, 3.63) is 65.2 Å². The Balaban J connectivity index is 1.95. The van der Waals surface area contributed by atoms with Gasteiger partial charge in [-0.3, -0.25) is 9.59 Å². The number of likely N-dealkylation sites (tertiary alicyclic amines) is 1. The molecule has 0 radical (unpaired) electrons. The van der Waals surface area contributed by atoms with Gasteiger partial charge in [0.1, 0.15) is 17.3 Å². The molecule has 2 aromatic rings. The van der Waals surface area contributed by atoms with Gasteiger partial charge in [-0.1, -0.05) is 59.6 Å². The molecule has 212 valence electrons. The Labute approximate surface area is 233 Å². The molecule has 1 fully saturated rings. The Kier molecular flexibility index (Phi) is 11.4. The van der Waals surface area contributed by atoms with Gasteiger partial charge in [0.05, 0.1) is 24.8 Å². The van der Waals surface area contributed by atoms with Crippen molar-refractivity contribution in [2.75, 3.05) is 39.4 Å². The van der Waals surface area contributed by atoms with Crippen LogP contribution in [0, 0.1) is 5.92 Å². The number of amides is 1. The van der Waals surface area contributed by atoms with Crippen LogP contribution in [0.15, 0.2) is 54.1 Å². The number of Topliss-reactive ketones (excluding diaryl/α,β-unsaturated/α-hetero) is 1. The third kappa shape index (κ3) is 7.85. The van der Waals surface area contributed by atoms with E-state index in [1.165, 1.54) is 0 Å². The van der Waals surface area contributed by atoms with Crippen molar-refractivity contribution < 1.29 is 24.2 Å². The van der Waals surface area contributed by atoms with Crippen LogP contribution in [0.5, 0.6) is 11.5 Å². The second-order valence-corrected chi connectivity index (χ2v) is 10.4. The summed E-state index contributed by atoms with van der Waals surface area (Å²) in [6.45, 7) is 14.4. The minimum absolute atomic E-state index is 0.104. The van der Waals surface area contributed by atoms with Crippen LogP contribution in [-0.4, -0.2) is 66.0 Å². The molecule has 39 heavy (non-hydrogen) atoms. The molecule has 1 N–H and O–H groups in total. The Morgan fingerprint density at radius 2 is 1.54 bits per heavy atom. The van der Waals surface area contributed by atoms with E-state index in [-0.39, 0.29) is 11.3 Å². The number of carbonyl (C=O) groups is 2. The van der Waals surface area contributed by atoms with E-state index in [2.05, 4.69) is 39.5 Å². The van der Waals surface area contributed by atoms with Crippen molar-refractivity contribution >= 4 is 17.4 Å². The highest BCUT2D eigenvalue weighted by Gasteiger charge is 2.46. The largest absolute Gasteiger partial charge is 0.507 e.